The smallest absolute Gasteiger partial charge is 0.249 e. The van der Waals surface area contributed by atoms with E-state index in [-0.39, 0.29) is 11.6 Å². The fraction of sp³-hybridized carbons (Fsp3) is 0.312. The Hall–Kier alpha value is -3.10. The second-order valence-corrected chi connectivity index (χ2v) is 5.84. The van der Waals surface area contributed by atoms with Crippen molar-refractivity contribution in [2.24, 2.45) is 0 Å². The van der Waals surface area contributed by atoms with Crippen molar-refractivity contribution in [3.63, 3.8) is 0 Å². The Labute approximate surface area is 143 Å². The highest BCUT2D eigenvalue weighted by molar-refractivity contribution is 5.93. The van der Waals surface area contributed by atoms with Crippen molar-refractivity contribution in [3.05, 3.63) is 47.3 Å². The molecule has 0 fully saturated rings. The van der Waals surface area contributed by atoms with Crippen molar-refractivity contribution in [1.82, 2.24) is 30.0 Å². The number of nitrogens with zero attached hydrogens (tertiary/aromatic N) is 6. The minimum Gasteiger partial charge on any atom is -0.322 e. The van der Waals surface area contributed by atoms with Crippen molar-refractivity contribution in [1.29, 1.82) is 0 Å². The zero-order valence-corrected chi connectivity index (χ0v) is 14.4. The molecule has 3 aromatic rings. The van der Waals surface area contributed by atoms with Gasteiger partial charge in [0.2, 0.25) is 5.91 Å². The van der Waals surface area contributed by atoms with Gasteiger partial charge in [-0.1, -0.05) is 0 Å². The summed E-state index contributed by atoms with van der Waals surface area (Å²) in [5, 5.41) is 18.1. The topological polar surface area (TPSA) is 90.5 Å². The van der Waals surface area contributed by atoms with E-state index in [0.29, 0.717) is 11.5 Å². The molecule has 9 heteroatoms. The van der Waals surface area contributed by atoms with Crippen LogP contribution in [-0.4, -0.2) is 35.9 Å². The Kier molecular flexibility index (Phi) is 4.30. The summed E-state index contributed by atoms with van der Waals surface area (Å²) in [6.45, 7) is 7.16. The number of nitrogens with one attached hydrogen (secondary N) is 1. The van der Waals surface area contributed by atoms with Crippen LogP contribution in [0.1, 0.15) is 30.2 Å². The van der Waals surface area contributed by atoms with Crippen molar-refractivity contribution >= 4 is 11.6 Å². The molecule has 1 amide bonds. The summed E-state index contributed by atoms with van der Waals surface area (Å²) in [7, 11) is 0. The highest BCUT2D eigenvalue weighted by atomic mass is 19.1. The van der Waals surface area contributed by atoms with Crippen molar-refractivity contribution < 1.29 is 9.18 Å². The van der Waals surface area contributed by atoms with E-state index in [1.807, 2.05) is 19.9 Å². The van der Waals surface area contributed by atoms with Crippen LogP contribution in [0.4, 0.5) is 10.1 Å². The molecule has 0 unspecified atom stereocenters. The van der Waals surface area contributed by atoms with Crippen molar-refractivity contribution in [2.75, 3.05) is 5.32 Å². The average Bonchev–Trinajstić information content (AvgIpc) is 3.13. The lowest BCUT2D eigenvalue weighted by atomic mass is 10.2. The number of aromatic nitrogens is 6. The highest BCUT2D eigenvalue weighted by Gasteiger charge is 2.19. The van der Waals surface area contributed by atoms with Gasteiger partial charge < -0.3 is 5.32 Å². The third kappa shape index (κ3) is 3.25. The number of carbonyl (C=O) groups is 1. The van der Waals surface area contributed by atoms with Gasteiger partial charge in [0.05, 0.1) is 17.1 Å². The number of hydrogen-bond acceptors (Lipinski definition) is 5. The van der Waals surface area contributed by atoms with Crippen molar-refractivity contribution in [2.45, 2.75) is 33.7 Å². The summed E-state index contributed by atoms with van der Waals surface area (Å²) in [6.07, 6.45) is 0. The maximum Gasteiger partial charge on any atom is 0.249 e. The van der Waals surface area contributed by atoms with Gasteiger partial charge in [-0.15, -0.1) is 5.10 Å². The van der Waals surface area contributed by atoms with E-state index in [0.717, 1.165) is 11.4 Å². The first kappa shape index (κ1) is 16.7. The molecule has 130 valence electrons. The van der Waals surface area contributed by atoms with Gasteiger partial charge in [0, 0.05) is 5.69 Å². The lowest BCUT2D eigenvalue weighted by molar-refractivity contribution is -0.119. The van der Waals surface area contributed by atoms with Crippen LogP contribution in [0.25, 0.3) is 5.69 Å². The zero-order chi connectivity index (χ0) is 18.1. The molecule has 1 N–H and O–H groups in total. The molecule has 0 radical (unpaired) electrons. The van der Waals surface area contributed by atoms with Gasteiger partial charge in [-0.05, 0) is 62.4 Å². The van der Waals surface area contributed by atoms with Crippen LogP contribution >= 0.6 is 0 Å². The van der Waals surface area contributed by atoms with Crippen LogP contribution in [0.2, 0.25) is 0 Å². The summed E-state index contributed by atoms with van der Waals surface area (Å²) >= 11 is 0. The minimum atomic E-state index is -0.577. The van der Waals surface area contributed by atoms with Gasteiger partial charge >= 0.3 is 0 Å². The van der Waals surface area contributed by atoms with Crippen LogP contribution in [0.15, 0.2) is 24.3 Å². The predicted octanol–water partition coefficient (Wildman–Crippen LogP) is 2.12. The summed E-state index contributed by atoms with van der Waals surface area (Å²) in [5.74, 6) is -0.348. The number of anilines is 1. The van der Waals surface area contributed by atoms with E-state index >= 15 is 0 Å². The molecule has 0 aliphatic carbocycles. The van der Waals surface area contributed by atoms with Crippen LogP contribution in [0.3, 0.4) is 0 Å². The first-order valence-electron chi connectivity index (χ1n) is 7.75. The Bertz CT molecular complexity index is 930. The molecule has 0 aliphatic heterocycles. The number of amides is 1. The number of tetrazole rings is 1. The molecular formula is C16H18FN7O. The SMILES string of the molecule is Cc1cc(C)n([C@H](C)C(=O)Nc2cc(-n3nnnc3C)ccc2F)n1. The van der Waals surface area contributed by atoms with Gasteiger partial charge in [-0.3, -0.25) is 9.48 Å². The van der Waals surface area contributed by atoms with Crippen LogP contribution in [0, 0.1) is 26.6 Å². The first-order valence-corrected chi connectivity index (χ1v) is 7.75. The fourth-order valence-electron chi connectivity index (χ4n) is 2.60. The van der Waals surface area contributed by atoms with E-state index in [4.69, 9.17) is 0 Å². The first-order chi connectivity index (χ1) is 11.9. The maximum absolute atomic E-state index is 14.1. The van der Waals surface area contributed by atoms with E-state index in [9.17, 15) is 9.18 Å². The quantitative estimate of drug-likeness (QED) is 0.783. The predicted molar refractivity (Wildman–Crippen MR) is 88.9 cm³/mol. The summed E-state index contributed by atoms with van der Waals surface area (Å²) < 4.78 is 17.2. The van der Waals surface area contributed by atoms with Gasteiger partial charge in [0.15, 0.2) is 5.82 Å². The Morgan fingerprint density at radius 2 is 2.00 bits per heavy atom. The third-order valence-corrected chi connectivity index (χ3v) is 3.87. The monoisotopic (exact) mass is 343 g/mol. The largest absolute Gasteiger partial charge is 0.322 e. The maximum atomic E-state index is 14.1. The van der Waals surface area contributed by atoms with Gasteiger partial charge in [0.1, 0.15) is 11.9 Å². The molecule has 3 rings (SSSR count). The highest BCUT2D eigenvalue weighted by Crippen LogP contribution is 2.21. The molecule has 0 saturated carbocycles. The molecular weight excluding hydrogens is 325 g/mol. The Morgan fingerprint density at radius 3 is 2.60 bits per heavy atom. The van der Waals surface area contributed by atoms with Gasteiger partial charge in [-0.25, -0.2) is 4.39 Å². The average molecular weight is 343 g/mol. The van der Waals surface area contributed by atoms with E-state index in [1.54, 1.807) is 24.6 Å². The van der Waals surface area contributed by atoms with Crippen LogP contribution in [-0.2, 0) is 4.79 Å². The van der Waals surface area contributed by atoms with Gasteiger partial charge in [-0.2, -0.15) is 9.78 Å². The number of halogens is 1. The van der Waals surface area contributed by atoms with Crippen molar-refractivity contribution in [3.8, 4) is 5.69 Å². The Balaban J connectivity index is 1.86. The molecule has 2 aromatic heterocycles. The molecule has 8 nitrogen and oxygen atoms in total. The molecule has 0 bridgehead atoms. The number of carbonyl (C=O) groups excluding carboxylic acids is 1. The Morgan fingerprint density at radius 1 is 1.24 bits per heavy atom. The van der Waals surface area contributed by atoms with Crippen LogP contribution in [0.5, 0.6) is 0 Å². The number of rotatable bonds is 4. The van der Waals surface area contributed by atoms with Crippen LogP contribution < -0.4 is 5.32 Å². The third-order valence-electron chi connectivity index (χ3n) is 3.87. The normalized spacial score (nSPS) is 12.2. The molecule has 1 aromatic carbocycles. The molecule has 0 saturated heterocycles. The second kappa shape index (κ2) is 6.42. The standard InChI is InChI=1S/C16H18FN7O/c1-9-7-10(2)23(20-9)11(3)16(25)18-15-8-13(5-6-14(15)17)24-12(4)19-21-22-24/h5-8,11H,1-4H3,(H,18,25)/t11-/m1/s1. The molecule has 0 spiro atoms. The molecule has 2 heterocycles. The number of aryl methyl sites for hydroxylation is 3. The molecule has 25 heavy (non-hydrogen) atoms. The van der Waals surface area contributed by atoms with E-state index in [2.05, 4.69) is 25.9 Å². The second-order valence-electron chi connectivity index (χ2n) is 5.84. The summed E-state index contributed by atoms with van der Waals surface area (Å²) in [6, 6.07) is 5.60. The van der Waals surface area contributed by atoms with E-state index < -0.39 is 11.9 Å². The zero-order valence-electron chi connectivity index (χ0n) is 14.4. The van der Waals surface area contributed by atoms with Gasteiger partial charge in [0.25, 0.3) is 0 Å². The number of hydrogen-bond donors (Lipinski definition) is 1. The summed E-state index contributed by atoms with van der Waals surface area (Å²) in [4.78, 5) is 12.5. The fourth-order valence-corrected chi connectivity index (χ4v) is 2.60. The van der Waals surface area contributed by atoms with E-state index in [1.165, 1.54) is 16.8 Å². The minimum absolute atomic E-state index is 0.0609. The molecule has 1 atom stereocenters. The molecule has 0 aliphatic rings. The lowest BCUT2D eigenvalue weighted by Gasteiger charge is -2.15. The summed E-state index contributed by atoms with van der Waals surface area (Å²) in [5.41, 5.74) is 2.29. The number of benzene rings is 1. The lowest BCUT2D eigenvalue weighted by Crippen LogP contribution is -2.25.